The number of benzene rings is 1. The minimum atomic E-state index is -0.937. The van der Waals surface area contributed by atoms with E-state index in [1.807, 2.05) is 0 Å². The molecule has 0 radical (unpaired) electrons. The van der Waals surface area contributed by atoms with E-state index in [4.69, 9.17) is 16.7 Å². The molecule has 7 heteroatoms. The van der Waals surface area contributed by atoms with Crippen LogP contribution in [0.2, 0.25) is 5.02 Å². The van der Waals surface area contributed by atoms with Crippen molar-refractivity contribution in [2.24, 2.45) is 4.99 Å². The van der Waals surface area contributed by atoms with Gasteiger partial charge in [0.1, 0.15) is 6.54 Å². The Hall–Kier alpha value is -1.92. The number of hydrogen-bond acceptors (Lipinski definition) is 3. The lowest BCUT2D eigenvalue weighted by atomic mass is 10.0. The van der Waals surface area contributed by atoms with Gasteiger partial charge in [0, 0.05) is 21.2 Å². The van der Waals surface area contributed by atoms with Gasteiger partial charge in [-0.05, 0) is 43.9 Å². The summed E-state index contributed by atoms with van der Waals surface area (Å²) in [7, 11) is 0. The molecule has 0 unspecified atom stereocenters. The topological polar surface area (TPSA) is 71.7 Å². The zero-order valence-electron chi connectivity index (χ0n) is 12.3. The van der Waals surface area contributed by atoms with Crippen LogP contribution in [-0.2, 0) is 24.2 Å². The summed E-state index contributed by atoms with van der Waals surface area (Å²) in [6, 6.07) is 6.58. The maximum Gasteiger partial charge on any atom is 0.323 e. The van der Waals surface area contributed by atoms with Crippen LogP contribution >= 0.6 is 22.9 Å². The number of aryl methyl sites for hydroxylation is 1. The van der Waals surface area contributed by atoms with Crippen molar-refractivity contribution in [3.63, 3.8) is 0 Å². The Morgan fingerprint density at radius 2 is 2.09 bits per heavy atom. The molecule has 0 spiro atoms. The third-order valence-corrected chi connectivity index (χ3v) is 5.14. The predicted octanol–water partition coefficient (Wildman–Crippen LogP) is 2.91. The molecule has 23 heavy (non-hydrogen) atoms. The molecule has 1 heterocycles. The number of carbonyl (C=O) groups is 2. The number of fused-ring (bicyclic) bond motifs is 1. The van der Waals surface area contributed by atoms with Gasteiger partial charge in [0.2, 0.25) is 0 Å². The molecule has 1 aliphatic carbocycles. The first-order valence-electron chi connectivity index (χ1n) is 7.32. The summed E-state index contributed by atoms with van der Waals surface area (Å²) in [5.41, 5.74) is 1.40. The molecule has 0 aliphatic heterocycles. The molecular weight excluding hydrogens is 336 g/mol. The van der Waals surface area contributed by atoms with E-state index in [1.54, 1.807) is 28.8 Å². The smallest absolute Gasteiger partial charge is 0.323 e. The van der Waals surface area contributed by atoms with Gasteiger partial charge in [-0.15, -0.1) is 11.3 Å². The van der Waals surface area contributed by atoms with E-state index in [1.165, 1.54) is 11.3 Å². The highest BCUT2D eigenvalue weighted by atomic mass is 35.5. The highest BCUT2D eigenvalue weighted by Crippen LogP contribution is 2.23. The van der Waals surface area contributed by atoms with Crippen LogP contribution in [0.1, 0.15) is 33.8 Å². The van der Waals surface area contributed by atoms with Crippen LogP contribution in [-0.4, -0.2) is 21.6 Å². The minimum absolute atomic E-state index is 0.173. The fourth-order valence-electron chi connectivity index (χ4n) is 2.69. The van der Waals surface area contributed by atoms with Crippen molar-refractivity contribution in [2.45, 2.75) is 32.2 Å². The molecular formula is C16H15ClN2O3S. The Labute approximate surface area is 141 Å². The molecule has 5 nitrogen and oxygen atoms in total. The molecule has 120 valence electrons. The standard InChI is InChI=1S/C16H15ClN2O3S/c17-11-5-3-4-10(8-11)15(22)18-16-19(9-14(20)21)12-6-1-2-7-13(12)23-16/h3-5,8H,1-2,6-7,9H2,(H,20,21). The molecule has 0 fully saturated rings. The first-order valence-corrected chi connectivity index (χ1v) is 8.52. The summed E-state index contributed by atoms with van der Waals surface area (Å²) in [4.78, 5) is 29.2. The second-order valence-corrected chi connectivity index (χ2v) is 6.87. The maximum atomic E-state index is 12.3. The highest BCUT2D eigenvalue weighted by Gasteiger charge is 2.19. The van der Waals surface area contributed by atoms with Gasteiger partial charge < -0.3 is 9.67 Å². The first kappa shape index (κ1) is 16.0. The van der Waals surface area contributed by atoms with Crippen LogP contribution in [0.15, 0.2) is 29.3 Å². The van der Waals surface area contributed by atoms with Crippen LogP contribution in [0.4, 0.5) is 0 Å². The van der Waals surface area contributed by atoms with Gasteiger partial charge in [0.15, 0.2) is 4.80 Å². The number of thiazole rings is 1. The molecule has 1 amide bonds. The van der Waals surface area contributed by atoms with Crippen LogP contribution in [0.25, 0.3) is 0 Å². The number of nitrogens with zero attached hydrogens (tertiary/aromatic N) is 2. The molecule has 0 bridgehead atoms. The zero-order valence-corrected chi connectivity index (χ0v) is 13.9. The van der Waals surface area contributed by atoms with Crippen LogP contribution in [0.5, 0.6) is 0 Å². The van der Waals surface area contributed by atoms with Crippen molar-refractivity contribution in [1.82, 2.24) is 4.57 Å². The number of carbonyl (C=O) groups excluding carboxylic acids is 1. The number of aromatic nitrogens is 1. The third-order valence-electron chi connectivity index (χ3n) is 3.72. The molecule has 3 rings (SSSR count). The average molecular weight is 351 g/mol. The molecule has 1 aromatic heterocycles. The van der Waals surface area contributed by atoms with Crippen molar-refractivity contribution < 1.29 is 14.7 Å². The monoisotopic (exact) mass is 350 g/mol. The molecule has 0 saturated heterocycles. The lowest BCUT2D eigenvalue weighted by Gasteiger charge is -2.12. The highest BCUT2D eigenvalue weighted by molar-refractivity contribution is 7.09. The van der Waals surface area contributed by atoms with Gasteiger partial charge >= 0.3 is 5.97 Å². The largest absolute Gasteiger partial charge is 0.480 e. The lowest BCUT2D eigenvalue weighted by molar-refractivity contribution is -0.137. The molecule has 0 saturated carbocycles. The number of amides is 1. The SMILES string of the molecule is O=C(O)Cn1c2c(sc1=NC(=O)c1cccc(Cl)c1)CCCC2. The van der Waals surface area contributed by atoms with E-state index < -0.39 is 11.9 Å². The maximum absolute atomic E-state index is 12.3. The third kappa shape index (κ3) is 3.54. The summed E-state index contributed by atoms with van der Waals surface area (Å²) in [5, 5.41) is 9.61. The van der Waals surface area contributed by atoms with Gasteiger partial charge in [0.25, 0.3) is 5.91 Å². The molecule has 2 aromatic rings. The van der Waals surface area contributed by atoms with E-state index in [9.17, 15) is 9.59 Å². The van der Waals surface area contributed by atoms with Gasteiger partial charge in [0.05, 0.1) is 0 Å². The van der Waals surface area contributed by atoms with E-state index in [0.717, 1.165) is 36.3 Å². The van der Waals surface area contributed by atoms with Crippen molar-refractivity contribution in [3.8, 4) is 0 Å². The molecule has 1 N–H and O–H groups in total. The molecule has 0 atom stereocenters. The van der Waals surface area contributed by atoms with Crippen molar-refractivity contribution in [3.05, 3.63) is 50.2 Å². The van der Waals surface area contributed by atoms with E-state index in [2.05, 4.69) is 4.99 Å². The summed E-state index contributed by atoms with van der Waals surface area (Å²) >= 11 is 7.31. The Bertz CT molecular complexity index is 838. The Kier molecular flexibility index (Phi) is 4.63. The van der Waals surface area contributed by atoms with E-state index in [0.29, 0.717) is 15.4 Å². The molecule has 1 aromatic carbocycles. The Morgan fingerprint density at radius 1 is 1.30 bits per heavy atom. The predicted molar refractivity (Wildman–Crippen MR) is 87.9 cm³/mol. The summed E-state index contributed by atoms with van der Waals surface area (Å²) in [5.74, 6) is -1.35. The second-order valence-electron chi connectivity index (χ2n) is 5.37. The summed E-state index contributed by atoms with van der Waals surface area (Å²) in [6.07, 6.45) is 3.87. The number of hydrogen-bond donors (Lipinski definition) is 1. The Balaban J connectivity index is 2.05. The van der Waals surface area contributed by atoms with Crippen LogP contribution in [0, 0.1) is 0 Å². The fourth-order valence-corrected chi connectivity index (χ4v) is 4.09. The zero-order chi connectivity index (χ0) is 16.4. The van der Waals surface area contributed by atoms with Gasteiger partial charge in [-0.25, -0.2) is 0 Å². The van der Waals surface area contributed by atoms with E-state index >= 15 is 0 Å². The Morgan fingerprint density at radius 3 is 2.83 bits per heavy atom. The van der Waals surface area contributed by atoms with Crippen LogP contribution in [0.3, 0.4) is 0 Å². The van der Waals surface area contributed by atoms with Crippen molar-refractivity contribution >= 4 is 34.8 Å². The average Bonchev–Trinajstić information content (AvgIpc) is 2.84. The number of carboxylic acid groups (broad SMARTS) is 1. The van der Waals surface area contributed by atoms with E-state index in [-0.39, 0.29) is 6.54 Å². The minimum Gasteiger partial charge on any atom is -0.480 e. The number of halogens is 1. The fraction of sp³-hybridized carbons (Fsp3) is 0.312. The van der Waals surface area contributed by atoms with Gasteiger partial charge in [-0.2, -0.15) is 4.99 Å². The van der Waals surface area contributed by atoms with Crippen LogP contribution < -0.4 is 4.80 Å². The van der Waals surface area contributed by atoms with Gasteiger partial charge in [-0.3, -0.25) is 9.59 Å². The lowest BCUT2D eigenvalue weighted by Crippen LogP contribution is -2.24. The normalized spacial score (nSPS) is 14.6. The van der Waals surface area contributed by atoms with Crippen molar-refractivity contribution in [2.75, 3.05) is 0 Å². The number of rotatable bonds is 3. The van der Waals surface area contributed by atoms with Gasteiger partial charge in [-0.1, -0.05) is 17.7 Å². The quantitative estimate of drug-likeness (QED) is 0.925. The number of aliphatic carboxylic acids is 1. The number of carboxylic acids is 1. The van der Waals surface area contributed by atoms with Crippen molar-refractivity contribution in [1.29, 1.82) is 0 Å². The summed E-state index contributed by atoms with van der Waals surface area (Å²) < 4.78 is 1.66. The molecule has 1 aliphatic rings. The first-order chi connectivity index (χ1) is 11.0. The second kappa shape index (κ2) is 6.68. The summed E-state index contributed by atoms with van der Waals surface area (Å²) in [6.45, 7) is -0.173.